The molecule has 1 aromatic carbocycles. The monoisotopic (exact) mass is 311 g/mol. The molecule has 0 saturated carbocycles. The summed E-state index contributed by atoms with van der Waals surface area (Å²) in [6, 6.07) is 5.83. The van der Waals surface area contributed by atoms with Crippen molar-refractivity contribution < 1.29 is 9.53 Å². The fourth-order valence-electron chi connectivity index (χ4n) is 2.31. The first kappa shape index (κ1) is 13.6. The van der Waals surface area contributed by atoms with Crippen LogP contribution in [0.5, 0.6) is 0 Å². The van der Waals surface area contributed by atoms with E-state index in [1.165, 1.54) is 0 Å². The Morgan fingerprint density at radius 3 is 3.00 bits per heavy atom. The van der Waals surface area contributed by atoms with E-state index in [-0.39, 0.29) is 17.9 Å². The van der Waals surface area contributed by atoms with Crippen molar-refractivity contribution in [1.82, 2.24) is 0 Å². The molecule has 0 spiro atoms. The molecule has 0 aromatic heterocycles. The first-order valence-electron chi connectivity index (χ1n) is 6.30. The van der Waals surface area contributed by atoms with Crippen LogP contribution in [-0.4, -0.2) is 18.6 Å². The van der Waals surface area contributed by atoms with Crippen LogP contribution in [0, 0.1) is 12.8 Å². The SMILES string of the molecule is CCC1OCCC1C(=O)Nc1ccc(Br)c(C)c1. The molecular formula is C14H18BrNO2. The summed E-state index contributed by atoms with van der Waals surface area (Å²) in [6.45, 7) is 4.75. The van der Waals surface area contributed by atoms with E-state index in [2.05, 4.69) is 28.2 Å². The second kappa shape index (κ2) is 5.85. The number of hydrogen-bond donors (Lipinski definition) is 1. The van der Waals surface area contributed by atoms with Gasteiger partial charge in [-0.15, -0.1) is 0 Å². The summed E-state index contributed by atoms with van der Waals surface area (Å²) < 4.78 is 6.60. The van der Waals surface area contributed by atoms with E-state index in [0.717, 1.165) is 28.6 Å². The number of aryl methyl sites for hydroxylation is 1. The molecule has 2 rings (SSSR count). The number of nitrogens with one attached hydrogen (secondary N) is 1. The van der Waals surface area contributed by atoms with Crippen LogP contribution in [0.2, 0.25) is 0 Å². The predicted octanol–water partition coefficient (Wildman–Crippen LogP) is 3.51. The third kappa shape index (κ3) is 2.93. The highest BCUT2D eigenvalue weighted by molar-refractivity contribution is 9.10. The lowest BCUT2D eigenvalue weighted by Gasteiger charge is -2.16. The van der Waals surface area contributed by atoms with Gasteiger partial charge in [0.2, 0.25) is 5.91 Å². The van der Waals surface area contributed by atoms with Gasteiger partial charge in [-0.3, -0.25) is 4.79 Å². The molecule has 1 fully saturated rings. The van der Waals surface area contributed by atoms with Crippen LogP contribution in [0.3, 0.4) is 0 Å². The third-order valence-corrected chi connectivity index (χ3v) is 4.26. The number of halogens is 1. The van der Waals surface area contributed by atoms with Crippen molar-refractivity contribution >= 4 is 27.5 Å². The smallest absolute Gasteiger partial charge is 0.230 e. The normalized spacial score (nSPS) is 23.1. The van der Waals surface area contributed by atoms with Gasteiger partial charge in [-0.1, -0.05) is 22.9 Å². The van der Waals surface area contributed by atoms with Gasteiger partial charge in [-0.25, -0.2) is 0 Å². The molecule has 1 amide bonds. The number of hydrogen-bond acceptors (Lipinski definition) is 2. The topological polar surface area (TPSA) is 38.3 Å². The lowest BCUT2D eigenvalue weighted by Crippen LogP contribution is -2.29. The molecule has 18 heavy (non-hydrogen) atoms. The third-order valence-electron chi connectivity index (χ3n) is 3.37. The van der Waals surface area contributed by atoms with Gasteiger partial charge in [0.15, 0.2) is 0 Å². The molecule has 1 heterocycles. The van der Waals surface area contributed by atoms with Crippen molar-refractivity contribution in [3.05, 3.63) is 28.2 Å². The van der Waals surface area contributed by atoms with Crippen LogP contribution in [0.1, 0.15) is 25.3 Å². The molecule has 4 heteroatoms. The average molecular weight is 312 g/mol. The Morgan fingerprint density at radius 1 is 1.56 bits per heavy atom. The minimum atomic E-state index is -0.0149. The van der Waals surface area contributed by atoms with E-state index in [1.807, 2.05) is 25.1 Å². The summed E-state index contributed by atoms with van der Waals surface area (Å²) in [6.07, 6.45) is 1.78. The highest BCUT2D eigenvalue weighted by atomic mass is 79.9. The predicted molar refractivity (Wildman–Crippen MR) is 75.6 cm³/mol. The van der Waals surface area contributed by atoms with E-state index in [0.29, 0.717) is 6.61 Å². The van der Waals surface area contributed by atoms with Crippen molar-refractivity contribution in [2.75, 3.05) is 11.9 Å². The van der Waals surface area contributed by atoms with E-state index in [1.54, 1.807) is 0 Å². The summed E-state index contributed by atoms with van der Waals surface area (Å²) in [7, 11) is 0. The summed E-state index contributed by atoms with van der Waals surface area (Å²) in [5.74, 6) is 0.0556. The maximum absolute atomic E-state index is 12.2. The number of carbonyl (C=O) groups excluding carboxylic acids is 1. The van der Waals surface area contributed by atoms with Crippen molar-refractivity contribution in [1.29, 1.82) is 0 Å². The zero-order valence-electron chi connectivity index (χ0n) is 10.7. The maximum Gasteiger partial charge on any atom is 0.230 e. The Labute approximate surface area is 116 Å². The number of benzene rings is 1. The van der Waals surface area contributed by atoms with Crippen molar-refractivity contribution in [2.45, 2.75) is 32.8 Å². The molecule has 1 aromatic rings. The Bertz CT molecular complexity index is 447. The lowest BCUT2D eigenvalue weighted by molar-refractivity contribution is -0.121. The van der Waals surface area contributed by atoms with Gasteiger partial charge in [-0.05, 0) is 43.5 Å². The molecule has 1 aliphatic heterocycles. The molecule has 3 nitrogen and oxygen atoms in total. The Hall–Kier alpha value is -0.870. The molecule has 98 valence electrons. The molecule has 2 unspecified atom stereocenters. The van der Waals surface area contributed by atoms with Gasteiger partial charge in [0.25, 0.3) is 0 Å². The van der Waals surface area contributed by atoms with Gasteiger partial charge in [-0.2, -0.15) is 0 Å². The Kier molecular flexibility index (Phi) is 4.40. The first-order chi connectivity index (χ1) is 8.61. The quantitative estimate of drug-likeness (QED) is 0.927. The van der Waals surface area contributed by atoms with Gasteiger partial charge in [0.1, 0.15) is 0 Å². The molecule has 2 atom stereocenters. The van der Waals surface area contributed by atoms with Crippen LogP contribution >= 0.6 is 15.9 Å². The second-order valence-electron chi connectivity index (χ2n) is 4.67. The number of rotatable bonds is 3. The number of ether oxygens (including phenoxy) is 1. The fourth-order valence-corrected chi connectivity index (χ4v) is 2.55. The van der Waals surface area contributed by atoms with E-state index < -0.39 is 0 Å². The average Bonchev–Trinajstić information content (AvgIpc) is 2.82. The Balaban J connectivity index is 2.04. The van der Waals surface area contributed by atoms with Gasteiger partial charge >= 0.3 is 0 Å². The zero-order chi connectivity index (χ0) is 13.1. The summed E-state index contributed by atoms with van der Waals surface area (Å²) in [5, 5.41) is 2.98. The van der Waals surface area contributed by atoms with Crippen LogP contribution in [0.4, 0.5) is 5.69 Å². The second-order valence-corrected chi connectivity index (χ2v) is 5.52. The van der Waals surface area contributed by atoms with Crippen molar-refractivity contribution in [3.63, 3.8) is 0 Å². The zero-order valence-corrected chi connectivity index (χ0v) is 12.3. The largest absolute Gasteiger partial charge is 0.377 e. The molecule has 1 N–H and O–H groups in total. The molecule has 1 aliphatic rings. The maximum atomic E-state index is 12.2. The standard InChI is InChI=1S/C14H18BrNO2/c1-3-13-11(6-7-18-13)14(17)16-10-4-5-12(15)9(2)8-10/h4-5,8,11,13H,3,6-7H2,1-2H3,(H,16,17). The summed E-state index contributed by atoms with van der Waals surface area (Å²) in [4.78, 5) is 12.2. The number of carbonyl (C=O) groups is 1. The fraction of sp³-hybridized carbons (Fsp3) is 0.500. The lowest BCUT2D eigenvalue weighted by atomic mass is 9.98. The van der Waals surface area contributed by atoms with Crippen molar-refractivity contribution in [3.8, 4) is 0 Å². The molecular weight excluding hydrogens is 294 g/mol. The van der Waals surface area contributed by atoms with Crippen LogP contribution in [0.15, 0.2) is 22.7 Å². The van der Waals surface area contributed by atoms with E-state index in [4.69, 9.17) is 4.74 Å². The molecule has 0 aliphatic carbocycles. The highest BCUT2D eigenvalue weighted by Crippen LogP contribution is 2.26. The number of amides is 1. The van der Waals surface area contributed by atoms with Gasteiger partial charge < -0.3 is 10.1 Å². The first-order valence-corrected chi connectivity index (χ1v) is 7.09. The summed E-state index contributed by atoms with van der Waals surface area (Å²) in [5.41, 5.74) is 1.96. The van der Waals surface area contributed by atoms with E-state index >= 15 is 0 Å². The molecule has 1 saturated heterocycles. The minimum absolute atomic E-state index is 0.0149. The minimum Gasteiger partial charge on any atom is -0.377 e. The van der Waals surface area contributed by atoms with Crippen LogP contribution in [0.25, 0.3) is 0 Å². The van der Waals surface area contributed by atoms with Gasteiger partial charge in [0, 0.05) is 16.8 Å². The number of anilines is 1. The van der Waals surface area contributed by atoms with Crippen LogP contribution < -0.4 is 5.32 Å². The molecule has 0 radical (unpaired) electrons. The summed E-state index contributed by atoms with van der Waals surface area (Å²) >= 11 is 3.45. The highest BCUT2D eigenvalue weighted by Gasteiger charge is 2.32. The van der Waals surface area contributed by atoms with Crippen LogP contribution in [-0.2, 0) is 9.53 Å². The van der Waals surface area contributed by atoms with Gasteiger partial charge in [0.05, 0.1) is 12.0 Å². The van der Waals surface area contributed by atoms with E-state index in [9.17, 15) is 4.79 Å². The molecule has 0 bridgehead atoms. The Morgan fingerprint density at radius 2 is 2.33 bits per heavy atom. The van der Waals surface area contributed by atoms with Crippen molar-refractivity contribution in [2.24, 2.45) is 5.92 Å².